The summed E-state index contributed by atoms with van der Waals surface area (Å²) < 4.78 is 5.39. The van der Waals surface area contributed by atoms with Crippen molar-refractivity contribution >= 4 is 17.6 Å². The molecular formula is C12H14N2O4. The Bertz CT molecular complexity index is 481. The smallest absolute Gasteiger partial charge is 0.356 e. The summed E-state index contributed by atoms with van der Waals surface area (Å²) in [5.41, 5.74) is -0.870. The number of pyridine rings is 1. The lowest BCUT2D eigenvalue weighted by Crippen LogP contribution is -2.39. The van der Waals surface area contributed by atoms with E-state index < -0.39 is 11.6 Å². The first-order chi connectivity index (χ1) is 8.53. The number of hydrogen-bond acceptors (Lipinski definition) is 4. The minimum absolute atomic E-state index is 0.174. The fourth-order valence-corrected chi connectivity index (χ4v) is 1.89. The normalized spacial score (nSPS) is 22.7. The molecule has 1 atom stereocenters. The average Bonchev–Trinajstić information content (AvgIpc) is 2.78. The molecule has 2 N–H and O–H groups in total. The third-order valence-corrected chi connectivity index (χ3v) is 2.96. The molecule has 1 saturated heterocycles. The second kappa shape index (κ2) is 4.73. The topological polar surface area (TPSA) is 88.5 Å². The number of aromatic nitrogens is 1. The maximum atomic E-state index is 12.1. The maximum absolute atomic E-state index is 12.1. The molecule has 6 heteroatoms. The molecule has 0 aliphatic carbocycles. The van der Waals surface area contributed by atoms with E-state index in [1.54, 1.807) is 13.0 Å². The molecule has 0 spiro atoms. The van der Waals surface area contributed by atoms with Gasteiger partial charge in [-0.3, -0.25) is 4.79 Å². The van der Waals surface area contributed by atoms with E-state index in [2.05, 4.69) is 10.3 Å². The highest BCUT2D eigenvalue weighted by molar-refractivity contribution is 6.02. The number of carboxylic acid groups (broad SMARTS) is 1. The van der Waals surface area contributed by atoms with E-state index in [0.29, 0.717) is 13.0 Å². The fraction of sp³-hybridized carbons (Fsp3) is 0.417. The predicted octanol–water partition coefficient (Wildman–Crippen LogP) is 1.29. The Morgan fingerprint density at radius 3 is 2.94 bits per heavy atom. The van der Waals surface area contributed by atoms with Crippen molar-refractivity contribution in [2.45, 2.75) is 25.4 Å². The van der Waals surface area contributed by atoms with Gasteiger partial charge >= 0.3 is 5.97 Å². The summed E-state index contributed by atoms with van der Waals surface area (Å²) >= 11 is 0. The number of aromatic carboxylic acids is 1. The maximum Gasteiger partial charge on any atom is 0.356 e. The summed E-state index contributed by atoms with van der Waals surface area (Å²) in [7, 11) is 0. The summed E-state index contributed by atoms with van der Waals surface area (Å²) in [5, 5.41) is 11.5. The van der Waals surface area contributed by atoms with Crippen LogP contribution in [0.5, 0.6) is 0 Å². The van der Waals surface area contributed by atoms with Gasteiger partial charge in [-0.15, -0.1) is 0 Å². The molecule has 0 bridgehead atoms. The number of amides is 1. The van der Waals surface area contributed by atoms with Crippen LogP contribution in [0.25, 0.3) is 0 Å². The van der Waals surface area contributed by atoms with E-state index in [1.165, 1.54) is 12.3 Å². The highest BCUT2D eigenvalue weighted by Crippen LogP contribution is 2.27. The fourth-order valence-electron chi connectivity index (χ4n) is 1.89. The molecule has 0 saturated carbocycles. The SMILES string of the molecule is CC1(C(=O)Nc2cccnc2C(=O)O)CCCO1. The molecule has 0 aromatic carbocycles. The van der Waals surface area contributed by atoms with Crippen molar-refractivity contribution in [1.29, 1.82) is 0 Å². The number of nitrogens with zero attached hydrogens (tertiary/aromatic N) is 1. The first-order valence-corrected chi connectivity index (χ1v) is 5.67. The molecule has 1 unspecified atom stereocenters. The average molecular weight is 250 g/mol. The molecule has 96 valence electrons. The van der Waals surface area contributed by atoms with Crippen molar-refractivity contribution in [2.24, 2.45) is 0 Å². The number of ether oxygens (including phenoxy) is 1. The number of nitrogens with one attached hydrogen (secondary N) is 1. The summed E-state index contributed by atoms with van der Waals surface area (Å²) in [5.74, 6) is -1.51. The molecule has 18 heavy (non-hydrogen) atoms. The largest absolute Gasteiger partial charge is 0.476 e. The first kappa shape index (κ1) is 12.5. The Labute approximate surface area is 104 Å². The van der Waals surface area contributed by atoms with Crippen LogP contribution in [0.1, 0.15) is 30.3 Å². The lowest BCUT2D eigenvalue weighted by molar-refractivity contribution is -0.133. The minimum Gasteiger partial charge on any atom is -0.476 e. The third kappa shape index (κ3) is 2.33. The number of hydrogen-bond donors (Lipinski definition) is 2. The van der Waals surface area contributed by atoms with Gasteiger partial charge in [0.2, 0.25) is 0 Å². The molecule has 1 amide bonds. The number of anilines is 1. The van der Waals surface area contributed by atoms with Gasteiger partial charge in [0.25, 0.3) is 5.91 Å². The van der Waals surface area contributed by atoms with E-state index in [9.17, 15) is 9.59 Å². The molecular weight excluding hydrogens is 236 g/mol. The molecule has 1 aliphatic rings. The standard InChI is InChI=1S/C12H14N2O4/c1-12(5-3-7-18-12)11(17)14-8-4-2-6-13-9(8)10(15)16/h2,4,6H,3,5,7H2,1H3,(H,14,17)(H,15,16). The summed E-state index contributed by atoms with van der Waals surface area (Å²) in [6.45, 7) is 2.24. The Hall–Kier alpha value is -1.95. The van der Waals surface area contributed by atoms with Gasteiger partial charge in [0, 0.05) is 12.8 Å². The van der Waals surface area contributed by atoms with Crippen LogP contribution < -0.4 is 5.32 Å². The van der Waals surface area contributed by atoms with Gasteiger partial charge in [-0.1, -0.05) is 0 Å². The van der Waals surface area contributed by atoms with Gasteiger partial charge in [-0.05, 0) is 31.9 Å². The molecule has 1 aromatic rings. The van der Waals surface area contributed by atoms with Crippen molar-refractivity contribution in [3.8, 4) is 0 Å². The zero-order valence-electron chi connectivity index (χ0n) is 9.97. The predicted molar refractivity (Wildman–Crippen MR) is 63.4 cm³/mol. The quantitative estimate of drug-likeness (QED) is 0.843. The molecule has 1 fully saturated rings. The van der Waals surface area contributed by atoms with Crippen LogP contribution in [-0.2, 0) is 9.53 Å². The Morgan fingerprint density at radius 1 is 1.56 bits per heavy atom. The van der Waals surface area contributed by atoms with Crippen LogP contribution in [-0.4, -0.2) is 34.2 Å². The van der Waals surface area contributed by atoms with Crippen molar-refractivity contribution in [1.82, 2.24) is 4.98 Å². The van der Waals surface area contributed by atoms with E-state index >= 15 is 0 Å². The molecule has 2 heterocycles. The highest BCUT2D eigenvalue weighted by atomic mass is 16.5. The van der Waals surface area contributed by atoms with Crippen molar-refractivity contribution in [3.63, 3.8) is 0 Å². The lowest BCUT2D eigenvalue weighted by Gasteiger charge is -2.22. The summed E-state index contributed by atoms with van der Waals surface area (Å²) in [6, 6.07) is 3.08. The Balaban J connectivity index is 2.19. The second-order valence-corrected chi connectivity index (χ2v) is 4.34. The first-order valence-electron chi connectivity index (χ1n) is 5.67. The Morgan fingerprint density at radius 2 is 2.33 bits per heavy atom. The third-order valence-electron chi connectivity index (χ3n) is 2.96. The van der Waals surface area contributed by atoms with Crippen molar-refractivity contribution in [3.05, 3.63) is 24.0 Å². The van der Waals surface area contributed by atoms with Crippen LogP contribution in [0.3, 0.4) is 0 Å². The Kier molecular flexibility index (Phi) is 3.29. The lowest BCUT2D eigenvalue weighted by atomic mass is 10.0. The van der Waals surface area contributed by atoms with Gasteiger partial charge in [-0.2, -0.15) is 0 Å². The molecule has 2 rings (SSSR count). The van der Waals surface area contributed by atoms with Gasteiger partial charge in [0.15, 0.2) is 5.69 Å². The summed E-state index contributed by atoms with van der Waals surface area (Å²) in [6.07, 6.45) is 2.82. The highest BCUT2D eigenvalue weighted by Gasteiger charge is 2.38. The van der Waals surface area contributed by atoms with E-state index in [1.807, 2.05) is 0 Å². The monoisotopic (exact) mass is 250 g/mol. The van der Waals surface area contributed by atoms with Gasteiger partial charge < -0.3 is 15.2 Å². The number of carboxylic acids is 1. The van der Waals surface area contributed by atoms with E-state index in [4.69, 9.17) is 9.84 Å². The van der Waals surface area contributed by atoms with Gasteiger partial charge in [0.1, 0.15) is 5.60 Å². The van der Waals surface area contributed by atoms with Gasteiger partial charge in [-0.25, -0.2) is 9.78 Å². The van der Waals surface area contributed by atoms with Crippen molar-refractivity contribution < 1.29 is 19.4 Å². The summed E-state index contributed by atoms with van der Waals surface area (Å²) in [4.78, 5) is 26.7. The molecule has 1 aromatic heterocycles. The number of rotatable bonds is 3. The number of carbonyl (C=O) groups is 2. The molecule has 6 nitrogen and oxygen atoms in total. The zero-order chi connectivity index (χ0) is 13.2. The second-order valence-electron chi connectivity index (χ2n) is 4.34. The van der Waals surface area contributed by atoms with Crippen LogP contribution in [0, 0.1) is 0 Å². The van der Waals surface area contributed by atoms with Crippen molar-refractivity contribution in [2.75, 3.05) is 11.9 Å². The van der Waals surface area contributed by atoms with Crippen LogP contribution >= 0.6 is 0 Å². The van der Waals surface area contributed by atoms with Gasteiger partial charge in [0.05, 0.1) is 5.69 Å². The zero-order valence-corrected chi connectivity index (χ0v) is 9.97. The number of carbonyl (C=O) groups excluding carboxylic acids is 1. The van der Waals surface area contributed by atoms with Crippen LogP contribution in [0.4, 0.5) is 5.69 Å². The van der Waals surface area contributed by atoms with Crippen LogP contribution in [0.15, 0.2) is 18.3 Å². The van der Waals surface area contributed by atoms with E-state index in [-0.39, 0.29) is 17.3 Å². The molecule has 1 aliphatic heterocycles. The molecule has 0 radical (unpaired) electrons. The van der Waals surface area contributed by atoms with Crippen LogP contribution in [0.2, 0.25) is 0 Å². The van der Waals surface area contributed by atoms with E-state index in [0.717, 1.165) is 6.42 Å². The minimum atomic E-state index is -1.18.